The molecular weight excluding hydrogens is 278 g/mol. The van der Waals surface area contributed by atoms with Gasteiger partial charge < -0.3 is 10.0 Å². The second-order valence-electron chi connectivity index (χ2n) is 7.33. The smallest absolute Gasteiger partial charge is 0.394 e. The van der Waals surface area contributed by atoms with Gasteiger partial charge in [-0.05, 0) is 55.8 Å². The minimum absolute atomic E-state index is 0.541. The maximum Gasteiger partial charge on any atom is 0.394 e. The van der Waals surface area contributed by atoms with Gasteiger partial charge in [-0.2, -0.15) is 0 Å². The van der Waals surface area contributed by atoms with Gasteiger partial charge in [0.15, 0.2) is 0 Å². The molecule has 0 radical (unpaired) electrons. The molecule has 1 rings (SSSR count). The highest BCUT2D eigenvalue weighted by atomic mass is 16.4. The first-order valence-corrected chi connectivity index (χ1v) is 8.88. The number of amides is 1. The van der Waals surface area contributed by atoms with Gasteiger partial charge in [0.05, 0.1) is 0 Å². The lowest BCUT2D eigenvalue weighted by Gasteiger charge is -2.37. The molecule has 1 amide bonds. The highest BCUT2D eigenvalue weighted by Crippen LogP contribution is 2.40. The highest BCUT2D eigenvalue weighted by molar-refractivity contribution is 6.31. The molecule has 0 aromatic heterocycles. The molecule has 3 atom stereocenters. The predicted octanol–water partition coefficient (Wildman–Crippen LogP) is 3.80. The SMILES string of the molecule is CCCN(CCCC1CC(C)CCC1C(C)C)C(=O)C(=O)O. The number of carboxylic acid groups (broad SMARTS) is 1. The molecule has 0 aromatic carbocycles. The van der Waals surface area contributed by atoms with Gasteiger partial charge in [-0.15, -0.1) is 0 Å². The fourth-order valence-electron chi connectivity index (χ4n) is 4.00. The van der Waals surface area contributed by atoms with Gasteiger partial charge in [-0.3, -0.25) is 4.79 Å². The van der Waals surface area contributed by atoms with Crippen LogP contribution in [0.5, 0.6) is 0 Å². The van der Waals surface area contributed by atoms with Crippen LogP contribution in [0, 0.1) is 23.7 Å². The summed E-state index contributed by atoms with van der Waals surface area (Å²) in [5.74, 6) is 0.939. The van der Waals surface area contributed by atoms with Gasteiger partial charge in [0, 0.05) is 13.1 Å². The summed E-state index contributed by atoms with van der Waals surface area (Å²) in [5.41, 5.74) is 0. The monoisotopic (exact) mass is 311 g/mol. The molecule has 0 aromatic rings. The third-order valence-corrected chi connectivity index (χ3v) is 5.13. The Morgan fingerprint density at radius 2 is 1.91 bits per heavy atom. The number of hydrogen-bond acceptors (Lipinski definition) is 2. The summed E-state index contributed by atoms with van der Waals surface area (Å²) in [7, 11) is 0. The van der Waals surface area contributed by atoms with Crippen molar-refractivity contribution < 1.29 is 14.7 Å². The van der Waals surface area contributed by atoms with Crippen LogP contribution in [0.3, 0.4) is 0 Å². The molecule has 0 bridgehead atoms. The molecule has 0 heterocycles. The van der Waals surface area contributed by atoms with Gasteiger partial charge in [0.25, 0.3) is 0 Å². The fraction of sp³-hybridized carbons (Fsp3) is 0.889. The summed E-state index contributed by atoms with van der Waals surface area (Å²) < 4.78 is 0. The lowest BCUT2D eigenvalue weighted by atomic mass is 9.68. The van der Waals surface area contributed by atoms with Crippen LogP contribution in [-0.2, 0) is 9.59 Å². The van der Waals surface area contributed by atoms with Crippen molar-refractivity contribution in [3.05, 3.63) is 0 Å². The van der Waals surface area contributed by atoms with E-state index in [0.717, 1.165) is 37.0 Å². The molecule has 1 fully saturated rings. The van der Waals surface area contributed by atoms with Crippen LogP contribution in [0.4, 0.5) is 0 Å². The molecule has 1 aliphatic carbocycles. The van der Waals surface area contributed by atoms with Gasteiger partial charge in [-0.1, -0.05) is 34.1 Å². The number of carbonyl (C=O) groups excluding carboxylic acids is 1. The number of nitrogens with zero attached hydrogens (tertiary/aromatic N) is 1. The summed E-state index contributed by atoms with van der Waals surface area (Å²) in [6.07, 6.45) is 6.76. The molecule has 3 unspecified atom stereocenters. The van der Waals surface area contributed by atoms with E-state index in [9.17, 15) is 9.59 Å². The summed E-state index contributed by atoms with van der Waals surface area (Å²) >= 11 is 0. The Hall–Kier alpha value is -1.06. The number of carbonyl (C=O) groups is 2. The van der Waals surface area contributed by atoms with Gasteiger partial charge in [-0.25, -0.2) is 4.79 Å². The molecule has 22 heavy (non-hydrogen) atoms. The lowest BCUT2D eigenvalue weighted by molar-refractivity contribution is -0.156. The van der Waals surface area contributed by atoms with E-state index in [2.05, 4.69) is 20.8 Å². The first-order valence-electron chi connectivity index (χ1n) is 8.88. The van der Waals surface area contributed by atoms with Crippen molar-refractivity contribution in [2.75, 3.05) is 13.1 Å². The predicted molar refractivity (Wildman–Crippen MR) is 88.6 cm³/mol. The molecule has 1 aliphatic rings. The Morgan fingerprint density at radius 3 is 2.45 bits per heavy atom. The van der Waals surface area contributed by atoms with Crippen LogP contribution in [0.2, 0.25) is 0 Å². The number of aliphatic carboxylic acids is 1. The topological polar surface area (TPSA) is 57.6 Å². The van der Waals surface area contributed by atoms with E-state index in [1.165, 1.54) is 24.2 Å². The Bertz CT molecular complexity index is 367. The second kappa shape index (κ2) is 9.16. The van der Waals surface area contributed by atoms with Crippen LogP contribution < -0.4 is 0 Å². The van der Waals surface area contributed by atoms with Crippen molar-refractivity contribution in [2.45, 2.75) is 66.2 Å². The van der Waals surface area contributed by atoms with Crippen molar-refractivity contribution in [3.63, 3.8) is 0 Å². The zero-order valence-corrected chi connectivity index (χ0v) is 14.7. The Balaban J connectivity index is 2.51. The van der Waals surface area contributed by atoms with Crippen LogP contribution >= 0.6 is 0 Å². The van der Waals surface area contributed by atoms with E-state index < -0.39 is 11.9 Å². The maximum atomic E-state index is 11.7. The molecule has 0 spiro atoms. The van der Waals surface area contributed by atoms with Crippen molar-refractivity contribution in [1.82, 2.24) is 4.90 Å². The van der Waals surface area contributed by atoms with Crippen LogP contribution in [-0.4, -0.2) is 35.0 Å². The maximum absolute atomic E-state index is 11.7. The number of hydrogen-bond donors (Lipinski definition) is 1. The molecule has 1 saturated carbocycles. The number of carboxylic acids is 1. The highest BCUT2D eigenvalue weighted by Gasteiger charge is 2.30. The molecule has 4 nitrogen and oxygen atoms in total. The molecule has 0 aliphatic heterocycles. The molecule has 4 heteroatoms. The van der Waals surface area contributed by atoms with Gasteiger partial charge >= 0.3 is 11.9 Å². The summed E-state index contributed by atoms with van der Waals surface area (Å²) in [6.45, 7) is 10.0. The van der Waals surface area contributed by atoms with E-state index >= 15 is 0 Å². The first-order chi connectivity index (χ1) is 10.4. The average molecular weight is 311 g/mol. The van der Waals surface area contributed by atoms with Crippen LogP contribution in [0.25, 0.3) is 0 Å². The van der Waals surface area contributed by atoms with E-state index in [1.807, 2.05) is 6.92 Å². The van der Waals surface area contributed by atoms with Gasteiger partial charge in [0.2, 0.25) is 0 Å². The summed E-state index contributed by atoms with van der Waals surface area (Å²) in [6, 6.07) is 0. The standard InChI is InChI=1S/C18H33NO3/c1-5-10-19(17(20)18(21)22)11-6-7-15-12-14(4)8-9-16(15)13(2)3/h13-16H,5-12H2,1-4H3,(H,21,22). The Kier molecular flexibility index (Phi) is 7.91. The lowest BCUT2D eigenvalue weighted by Crippen LogP contribution is -2.38. The van der Waals surface area contributed by atoms with Crippen molar-refractivity contribution >= 4 is 11.9 Å². The molecule has 128 valence electrons. The largest absolute Gasteiger partial charge is 0.474 e. The Labute approximate surface area is 135 Å². The second-order valence-corrected chi connectivity index (χ2v) is 7.33. The van der Waals surface area contributed by atoms with Crippen LogP contribution in [0.1, 0.15) is 66.2 Å². The summed E-state index contributed by atoms with van der Waals surface area (Å²) in [4.78, 5) is 24.0. The summed E-state index contributed by atoms with van der Waals surface area (Å²) in [5, 5.41) is 8.89. The van der Waals surface area contributed by atoms with Crippen molar-refractivity contribution in [1.29, 1.82) is 0 Å². The molecule has 1 N–H and O–H groups in total. The zero-order valence-electron chi connectivity index (χ0n) is 14.7. The van der Waals surface area contributed by atoms with Gasteiger partial charge in [0.1, 0.15) is 0 Å². The van der Waals surface area contributed by atoms with Crippen molar-refractivity contribution in [3.8, 4) is 0 Å². The average Bonchev–Trinajstić information content (AvgIpc) is 2.45. The zero-order chi connectivity index (χ0) is 16.7. The van der Waals surface area contributed by atoms with E-state index in [0.29, 0.717) is 19.0 Å². The van der Waals surface area contributed by atoms with Crippen LogP contribution in [0.15, 0.2) is 0 Å². The molecule has 0 saturated heterocycles. The Morgan fingerprint density at radius 1 is 1.23 bits per heavy atom. The van der Waals surface area contributed by atoms with E-state index in [1.54, 1.807) is 0 Å². The number of rotatable bonds is 7. The quantitative estimate of drug-likeness (QED) is 0.728. The van der Waals surface area contributed by atoms with E-state index in [4.69, 9.17) is 5.11 Å². The fourth-order valence-corrected chi connectivity index (χ4v) is 4.00. The minimum Gasteiger partial charge on any atom is -0.474 e. The van der Waals surface area contributed by atoms with Crippen molar-refractivity contribution in [2.24, 2.45) is 23.7 Å². The minimum atomic E-state index is -1.33. The molecular formula is C18H33NO3. The normalized spacial score (nSPS) is 25.2. The third-order valence-electron chi connectivity index (χ3n) is 5.13. The van der Waals surface area contributed by atoms with E-state index in [-0.39, 0.29) is 0 Å². The third kappa shape index (κ3) is 5.62. The first kappa shape index (κ1) is 19.0.